The highest BCUT2D eigenvalue weighted by atomic mass is 19.1. The normalized spacial score (nSPS) is 23.3. The number of rotatable bonds is 4. The molecule has 6 rings (SSSR count). The molecule has 3 aromatic rings. The Kier molecular flexibility index (Phi) is 5.57. The summed E-state index contributed by atoms with van der Waals surface area (Å²) in [5.41, 5.74) is 8.14. The van der Waals surface area contributed by atoms with Crippen LogP contribution in [0, 0.1) is 11.7 Å². The number of methoxy groups -OCH3 is 2. The van der Waals surface area contributed by atoms with Gasteiger partial charge in [0.2, 0.25) is 0 Å². The van der Waals surface area contributed by atoms with Crippen LogP contribution in [0.25, 0.3) is 0 Å². The molecule has 4 heteroatoms. The van der Waals surface area contributed by atoms with Gasteiger partial charge in [-0.05, 0) is 101 Å². The molecule has 2 aliphatic carbocycles. The highest BCUT2D eigenvalue weighted by molar-refractivity contribution is 5.49. The van der Waals surface area contributed by atoms with Gasteiger partial charge in [0.15, 0.2) is 11.5 Å². The topological polar surface area (TPSA) is 21.7 Å². The number of benzene rings is 3. The smallest absolute Gasteiger partial charge is 0.161 e. The van der Waals surface area contributed by atoms with Crippen molar-refractivity contribution in [2.45, 2.75) is 44.1 Å². The first kappa shape index (κ1) is 21.7. The zero-order valence-corrected chi connectivity index (χ0v) is 20.0. The third kappa shape index (κ3) is 3.78. The molecule has 3 aliphatic rings. The van der Waals surface area contributed by atoms with E-state index < -0.39 is 0 Å². The maximum Gasteiger partial charge on any atom is 0.161 e. The van der Waals surface area contributed by atoms with E-state index in [2.05, 4.69) is 41.3 Å². The maximum absolute atomic E-state index is 14.3. The fraction of sp³-hybridized carbons (Fsp3) is 0.400. The molecule has 0 N–H and O–H groups in total. The molecule has 3 atom stereocenters. The minimum atomic E-state index is -0.107. The molecule has 34 heavy (non-hydrogen) atoms. The van der Waals surface area contributed by atoms with Crippen LogP contribution in [-0.4, -0.2) is 32.2 Å². The van der Waals surface area contributed by atoms with E-state index in [0.717, 1.165) is 50.4 Å². The number of halogens is 1. The third-order valence-corrected chi connectivity index (χ3v) is 8.32. The van der Waals surface area contributed by atoms with E-state index in [1.54, 1.807) is 20.3 Å². The van der Waals surface area contributed by atoms with Crippen molar-refractivity contribution in [3.05, 3.63) is 93.8 Å². The van der Waals surface area contributed by atoms with Crippen molar-refractivity contribution in [3.63, 3.8) is 0 Å². The van der Waals surface area contributed by atoms with Crippen LogP contribution in [0.3, 0.4) is 0 Å². The lowest BCUT2D eigenvalue weighted by Gasteiger charge is -2.31. The van der Waals surface area contributed by atoms with Crippen molar-refractivity contribution >= 4 is 0 Å². The van der Waals surface area contributed by atoms with Crippen molar-refractivity contribution in [2.75, 3.05) is 27.3 Å². The Bertz CT molecular complexity index is 1220. The van der Waals surface area contributed by atoms with E-state index in [4.69, 9.17) is 9.47 Å². The number of nitrogens with zero attached hydrogens (tertiary/aromatic N) is 1. The molecule has 176 valence electrons. The fourth-order valence-electron chi connectivity index (χ4n) is 6.78. The lowest BCUT2D eigenvalue weighted by atomic mass is 9.84. The number of ether oxygens (including phenoxy) is 2. The summed E-state index contributed by atoms with van der Waals surface area (Å²) in [7, 11) is 3.40. The molecular weight excluding hydrogens is 425 g/mol. The molecule has 2 unspecified atom stereocenters. The van der Waals surface area contributed by atoms with Gasteiger partial charge in [-0.15, -0.1) is 0 Å². The number of hydrogen-bond acceptors (Lipinski definition) is 3. The maximum atomic E-state index is 14.3. The van der Waals surface area contributed by atoms with Crippen molar-refractivity contribution in [3.8, 4) is 11.5 Å². The number of hydrogen-bond donors (Lipinski definition) is 0. The first-order valence-corrected chi connectivity index (χ1v) is 12.4. The predicted molar refractivity (Wildman–Crippen MR) is 132 cm³/mol. The summed E-state index contributed by atoms with van der Waals surface area (Å²) in [6.45, 7) is 3.10. The summed E-state index contributed by atoms with van der Waals surface area (Å²) >= 11 is 0. The van der Waals surface area contributed by atoms with Gasteiger partial charge in [-0.1, -0.05) is 30.3 Å². The Morgan fingerprint density at radius 1 is 0.824 bits per heavy atom. The third-order valence-electron chi connectivity index (χ3n) is 8.32. The van der Waals surface area contributed by atoms with Gasteiger partial charge >= 0.3 is 0 Å². The van der Waals surface area contributed by atoms with Crippen LogP contribution in [0.15, 0.2) is 54.6 Å². The van der Waals surface area contributed by atoms with E-state index in [-0.39, 0.29) is 5.82 Å². The summed E-state index contributed by atoms with van der Waals surface area (Å²) in [5, 5.41) is 0. The molecule has 1 saturated carbocycles. The van der Waals surface area contributed by atoms with Gasteiger partial charge in [0, 0.05) is 19.6 Å². The molecule has 0 radical (unpaired) electrons. The Balaban J connectivity index is 1.25. The average molecular weight is 458 g/mol. The SMILES string of the molecule is COc1cc2c(cc1OC)CN(CC1CC3c4cc(F)ccc4Cc4ccccc4[C@H]3C1)CC2. The van der Waals surface area contributed by atoms with Gasteiger partial charge in [-0.3, -0.25) is 4.90 Å². The molecule has 1 aliphatic heterocycles. The van der Waals surface area contributed by atoms with Crippen molar-refractivity contribution in [1.82, 2.24) is 4.90 Å². The molecule has 3 nitrogen and oxygen atoms in total. The van der Waals surface area contributed by atoms with Gasteiger partial charge in [0.25, 0.3) is 0 Å². The van der Waals surface area contributed by atoms with Gasteiger partial charge in [0.05, 0.1) is 14.2 Å². The number of fused-ring (bicyclic) bond motifs is 6. The molecule has 0 bridgehead atoms. The molecule has 0 spiro atoms. The Morgan fingerprint density at radius 2 is 1.53 bits per heavy atom. The monoisotopic (exact) mass is 457 g/mol. The molecule has 0 aromatic heterocycles. The summed E-state index contributed by atoms with van der Waals surface area (Å²) in [6, 6.07) is 18.6. The molecule has 1 fully saturated rings. The van der Waals surface area contributed by atoms with Gasteiger partial charge in [-0.25, -0.2) is 4.39 Å². The molecule has 0 saturated heterocycles. The summed E-state index contributed by atoms with van der Waals surface area (Å²) < 4.78 is 25.4. The minimum absolute atomic E-state index is 0.107. The van der Waals surface area contributed by atoms with Crippen LogP contribution in [0.2, 0.25) is 0 Å². The summed E-state index contributed by atoms with van der Waals surface area (Å²) in [4.78, 5) is 2.60. The minimum Gasteiger partial charge on any atom is -0.493 e. The lowest BCUT2D eigenvalue weighted by molar-refractivity contribution is 0.212. The average Bonchev–Trinajstić information content (AvgIpc) is 3.22. The molecule has 1 heterocycles. The van der Waals surface area contributed by atoms with Gasteiger partial charge in [0.1, 0.15) is 5.82 Å². The Labute approximate surface area is 201 Å². The Morgan fingerprint density at radius 3 is 2.32 bits per heavy atom. The zero-order chi connectivity index (χ0) is 23.2. The first-order chi connectivity index (χ1) is 16.6. The second-order valence-electron chi connectivity index (χ2n) is 10.2. The van der Waals surface area contributed by atoms with Crippen LogP contribution < -0.4 is 9.47 Å². The quantitative estimate of drug-likeness (QED) is 0.474. The Hall–Kier alpha value is -2.85. The van der Waals surface area contributed by atoms with Crippen LogP contribution in [-0.2, 0) is 19.4 Å². The van der Waals surface area contributed by atoms with E-state index in [9.17, 15) is 4.39 Å². The van der Waals surface area contributed by atoms with Crippen LogP contribution >= 0.6 is 0 Å². The van der Waals surface area contributed by atoms with Crippen LogP contribution in [0.5, 0.6) is 11.5 Å². The second kappa shape index (κ2) is 8.74. The lowest BCUT2D eigenvalue weighted by Crippen LogP contribution is -2.34. The standard InChI is InChI=1S/C30H32FNO2/c1-33-29-14-20-9-10-32(18-23(20)15-30(29)34-2)17-19-11-27-25-6-4-3-5-21(25)13-22-7-8-24(31)16-26(22)28(27)12-19/h3-8,14-16,19,27-28H,9-13,17-18H2,1-2H3/t19?,27-,28?/m1/s1. The van der Waals surface area contributed by atoms with E-state index in [1.165, 1.54) is 39.8 Å². The highest BCUT2D eigenvalue weighted by Crippen LogP contribution is 2.52. The summed E-state index contributed by atoms with van der Waals surface area (Å²) in [5.74, 6) is 3.01. The fourth-order valence-corrected chi connectivity index (χ4v) is 6.78. The predicted octanol–water partition coefficient (Wildman–Crippen LogP) is 6.08. The van der Waals surface area contributed by atoms with Crippen molar-refractivity contribution < 1.29 is 13.9 Å². The van der Waals surface area contributed by atoms with E-state index in [0.29, 0.717) is 17.8 Å². The van der Waals surface area contributed by atoms with E-state index >= 15 is 0 Å². The second-order valence-corrected chi connectivity index (χ2v) is 10.2. The van der Waals surface area contributed by atoms with E-state index in [1.807, 2.05) is 12.1 Å². The van der Waals surface area contributed by atoms with Gasteiger partial charge < -0.3 is 9.47 Å². The van der Waals surface area contributed by atoms with Crippen LogP contribution in [0.4, 0.5) is 4.39 Å². The highest BCUT2D eigenvalue weighted by Gasteiger charge is 2.40. The van der Waals surface area contributed by atoms with Crippen LogP contribution in [0.1, 0.15) is 58.1 Å². The molecule has 3 aromatic carbocycles. The summed E-state index contributed by atoms with van der Waals surface area (Å²) in [6.07, 6.45) is 4.25. The van der Waals surface area contributed by atoms with Gasteiger partial charge in [-0.2, -0.15) is 0 Å². The van der Waals surface area contributed by atoms with Crippen molar-refractivity contribution in [2.24, 2.45) is 5.92 Å². The molecule has 0 amide bonds. The van der Waals surface area contributed by atoms with Crippen molar-refractivity contribution in [1.29, 1.82) is 0 Å². The first-order valence-electron chi connectivity index (χ1n) is 12.4. The zero-order valence-electron chi connectivity index (χ0n) is 20.0. The molecular formula is C30H32FNO2. The largest absolute Gasteiger partial charge is 0.493 e.